The van der Waals surface area contributed by atoms with Crippen LogP contribution in [0.15, 0.2) is 30.3 Å². The van der Waals surface area contributed by atoms with Crippen LogP contribution in [0.25, 0.3) is 0 Å². The summed E-state index contributed by atoms with van der Waals surface area (Å²) in [5, 5.41) is -0.438. The second-order valence-electron chi connectivity index (χ2n) is 8.08. The van der Waals surface area contributed by atoms with Crippen molar-refractivity contribution in [1.29, 1.82) is 0 Å². The summed E-state index contributed by atoms with van der Waals surface area (Å²) in [5.74, 6) is -1.03. The standard InChI is InChI=1S/C24H36ClF3O/c1-2-3-4-5-6-7-8-9-10-12-17-21(18-22(29)19-24(26,27)28)23(25)20-15-13-11-14-16-20/h11,13-16,21,23H,2-10,12,17-19H2,1H3. The van der Waals surface area contributed by atoms with E-state index in [0.717, 1.165) is 24.8 Å². The lowest BCUT2D eigenvalue weighted by atomic mass is 9.88. The van der Waals surface area contributed by atoms with Crippen molar-refractivity contribution in [2.75, 3.05) is 0 Å². The van der Waals surface area contributed by atoms with Crippen molar-refractivity contribution in [3.05, 3.63) is 35.9 Å². The van der Waals surface area contributed by atoms with Crippen molar-refractivity contribution in [2.24, 2.45) is 5.92 Å². The van der Waals surface area contributed by atoms with Crippen molar-refractivity contribution in [2.45, 2.75) is 102 Å². The van der Waals surface area contributed by atoms with E-state index in [-0.39, 0.29) is 12.3 Å². The maximum atomic E-state index is 12.5. The highest BCUT2D eigenvalue weighted by molar-refractivity contribution is 6.21. The lowest BCUT2D eigenvalue weighted by Crippen LogP contribution is -2.20. The average molecular weight is 433 g/mol. The van der Waals surface area contributed by atoms with Gasteiger partial charge in [-0.2, -0.15) is 13.2 Å². The van der Waals surface area contributed by atoms with Gasteiger partial charge < -0.3 is 0 Å². The molecule has 2 unspecified atom stereocenters. The minimum Gasteiger partial charge on any atom is -0.299 e. The minimum atomic E-state index is -4.45. The summed E-state index contributed by atoms with van der Waals surface area (Å²) in [7, 11) is 0. The highest BCUT2D eigenvalue weighted by Crippen LogP contribution is 2.36. The van der Waals surface area contributed by atoms with Crippen LogP contribution >= 0.6 is 11.6 Å². The number of Topliss-reactive ketones (excluding diaryl/α,β-unsaturated/α-hetero) is 1. The number of unbranched alkanes of at least 4 members (excludes halogenated alkanes) is 9. The number of alkyl halides is 4. The topological polar surface area (TPSA) is 17.1 Å². The van der Waals surface area contributed by atoms with Gasteiger partial charge in [-0.25, -0.2) is 0 Å². The molecule has 0 aromatic heterocycles. The first-order valence-electron chi connectivity index (χ1n) is 11.1. The van der Waals surface area contributed by atoms with E-state index in [1.54, 1.807) is 0 Å². The number of hydrogen-bond acceptors (Lipinski definition) is 1. The molecule has 0 saturated carbocycles. The Morgan fingerprint density at radius 2 is 1.41 bits per heavy atom. The smallest absolute Gasteiger partial charge is 0.299 e. The lowest BCUT2D eigenvalue weighted by Gasteiger charge is -2.22. The fourth-order valence-corrected chi connectivity index (χ4v) is 4.10. The zero-order valence-electron chi connectivity index (χ0n) is 17.7. The number of hydrogen-bond donors (Lipinski definition) is 0. The molecule has 0 N–H and O–H groups in total. The molecule has 0 radical (unpaired) electrons. The van der Waals surface area contributed by atoms with Crippen molar-refractivity contribution >= 4 is 17.4 Å². The summed E-state index contributed by atoms with van der Waals surface area (Å²) in [6.07, 6.45) is 6.77. The predicted molar refractivity (Wildman–Crippen MR) is 115 cm³/mol. The van der Waals surface area contributed by atoms with Crippen LogP contribution in [-0.4, -0.2) is 12.0 Å². The average Bonchev–Trinajstić information content (AvgIpc) is 2.67. The predicted octanol–water partition coefficient (Wildman–Crippen LogP) is 8.81. The van der Waals surface area contributed by atoms with Gasteiger partial charge in [0.25, 0.3) is 0 Å². The van der Waals surface area contributed by atoms with Gasteiger partial charge >= 0.3 is 6.18 Å². The van der Waals surface area contributed by atoms with Crippen molar-refractivity contribution in [3.8, 4) is 0 Å². The van der Waals surface area contributed by atoms with Gasteiger partial charge in [-0.3, -0.25) is 4.79 Å². The van der Waals surface area contributed by atoms with Crippen molar-refractivity contribution in [3.63, 3.8) is 0 Å². The van der Waals surface area contributed by atoms with E-state index < -0.39 is 23.8 Å². The zero-order chi connectivity index (χ0) is 21.5. The summed E-state index contributed by atoms with van der Waals surface area (Å²) >= 11 is 6.58. The fraction of sp³-hybridized carbons (Fsp3) is 0.708. The summed E-state index contributed by atoms with van der Waals surface area (Å²) < 4.78 is 37.6. The molecule has 5 heteroatoms. The van der Waals surface area contributed by atoms with E-state index >= 15 is 0 Å². The molecule has 0 fully saturated rings. The number of halogens is 4. The molecule has 0 spiro atoms. The molecule has 0 bridgehead atoms. The minimum absolute atomic E-state index is 0.111. The molecule has 0 heterocycles. The Kier molecular flexibility index (Phi) is 13.3. The van der Waals surface area contributed by atoms with Crippen LogP contribution in [0.5, 0.6) is 0 Å². The van der Waals surface area contributed by atoms with Gasteiger partial charge in [-0.05, 0) is 17.9 Å². The lowest BCUT2D eigenvalue weighted by molar-refractivity contribution is -0.152. The fourth-order valence-electron chi connectivity index (χ4n) is 3.74. The Bertz CT molecular complexity index is 545. The number of carbonyl (C=O) groups is 1. The molecule has 0 saturated heterocycles. The van der Waals surface area contributed by atoms with E-state index in [2.05, 4.69) is 6.92 Å². The van der Waals surface area contributed by atoms with Gasteiger partial charge in [0, 0.05) is 6.42 Å². The molecule has 0 aliphatic carbocycles. The Morgan fingerprint density at radius 1 is 0.897 bits per heavy atom. The van der Waals surface area contributed by atoms with Crippen molar-refractivity contribution in [1.82, 2.24) is 0 Å². The Hall–Kier alpha value is -1.03. The Balaban J connectivity index is 2.41. The molecule has 29 heavy (non-hydrogen) atoms. The Labute approximate surface area is 179 Å². The summed E-state index contributed by atoms with van der Waals surface area (Å²) in [5.41, 5.74) is 0.867. The van der Waals surface area contributed by atoms with Gasteiger partial charge in [-0.15, -0.1) is 11.6 Å². The van der Waals surface area contributed by atoms with E-state index in [9.17, 15) is 18.0 Å². The second-order valence-corrected chi connectivity index (χ2v) is 8.55. The van der Waals surface area contributed by atoms with Crippen molar-refractivity contribution < 1.29 is 18.0 Å². The Morgan fingerprint density at radius 3 is 1.93 bits per heavy atom. The third-order valence-electron chi connectivity index (χ3n) is 5.35. The molecule has 1 aromatic carbocycles. The van der Waals surface area contributed by atoms with Crippen LogP contribution in [-0.2, 0) is 4.79 Å². The molecular formula is C24H36ClF3O. The normalized spacial score (nSPS) is 14.0. The molecule has 0 amide bonds. The molecule has 0 aliphatic rings. The maximum Gasteiger partial charge on any atom is 0.395 e. The number of benzene rings is 1. The summed E-state index contributed by atoms with van der Waals surface area (Å²) in [6, 6.07) is 9.34. The molecule has 1 aromatic rings. The van der Waals surface area contributed by atoms with E-state index in [0.29, 0.717) is 6.42 Å². The first-order valence-corrected chi connectivity index (χ1v) is 11.5. The van der Waals surface area contributed by atoms with Crippen LogP contribution in [0.1, 0.15) is 101 Å². The van der Waals surface area contributed by atoms with Gasteiger partial charge in [0.15, 0.2) is 0 Å². The molecule has 166 valence electrons. The number of ketones is 1. The van der Waals surface area contributed by atoms with Crippen LogP contribution in [0, 0.1) is 5.92 Å². The molecular weight excluding hydrogens is 397 g/mol. The molecule has 0 aliphatic heterocycles. The van der Waals surface area contributed by atoms with E-state index in [1.807, 2.05) is 30.3 Å². The van der Waals surface area contributed by atoms with Crippen LogP contribution < -0.4 is 0 Å². The third kappa shape index (κ3) is 13.0. The quantitative estimate of drug-likeness (QED) is 0.188. The van der Waals surface area contributed by atoms with Gasteiger partial charge in [0.2, 0.25) is 0 Å². The number of rotatable bonds is 16. The SMILES string of the molecule is CCCCCCCCCCCCC(CC(=O)CC(F)(F)F)C(Cl)c1ccccc1. The highest BCUT2D eigenvalue weighted by Gasteiger charge is 2.33. The van der Waals surface area contributed by atoms with E-state index in [1.165, 1.54) is 44.9 Å². The van der Waals surface area contributed by atoms with Crippen LogP contribution in [0.3, 0.4) is 0 Å². The van der Waals surface area contributed by atoms with Gasteiger partial charge in [0.05, 0.1) is 5.38 Å². The number of carbonyl (C=O) groups excluding carboxylic acids is 1. The largest absolute Gasteiger partial charge is 0.395 e. The second kappa shape index (κ2) is 14.9. The highest BCUT2D eigenvalue weighted by atomic mass is 35.5. The zero-order valence-corrected chi connectivity index (χ0v) is 18.4. The van der Waals surface area contributed by atoms with Crippen LogP contribution in [0.2, 0.25) is 0 Å². The van der Waals surface area contributed by atoms with Gasteiger partial charge in [-0.1, -0.05) is 101 Å². The summed E-state index contributed by atoms with van der Waals surface area (Å²) in [4.78, 5) is 11.9. The first kappa shape index (κ1) is 26.0. The third-order valence-corrected chi connectivity index (χ3v) is 5.96. The summed E-state index contributed by atoms with van der Waals surface area (Å²) in [6.45, 7) is 2.22. The molecule has 2 atom stereocenters. The monoisotopic (exact) mass is 432 g/mol. The maximum absolute atomic E-state index is 12.5. The molecule has 1 nitrogen and oxygen atoms in total. The van der Waals surface area contributed by atoms with Gasteiger partial charge in [0.1, 0.15) is 12.2 Å². The van der Waals surface area contributed by atoms with E-state index in [4.69, 9.17) is 11.6 Å². The molecule has 1 rings (SSSR count). The first-order chi connectivity index (χ1) is 13.8. The van der Waals surface area contributed by atoms with Crippen LogP contribution in [0.4, 0.5) is 13.2 Å².